The Morgan fingerprint density at radius 2 is 1.90 bits per heavy atom. The van der Waals surface area contributed by atoms with Gasteiger partial charge in [0.15, 0.2) is 0 Å². The van der Waals surface area contributed by atoms with Crippen molar-refractivity contribution in [3.63, 3.8) is 0 Å². The van der Waals surface area contributed by atoms with E-state index < -0.39 is 0 Å². The van der Waals surface area contributed by atoms with Gasteiger partial charge in [-0.25, -0.2) is 15.0 Å². The molecule has 0 saturated carbocycles. The summed E-state index contributed by atoms with van der Waals surface area (Å²) >= 11 is 1.58. The molecule has 0 fully saturated rings. The second-order valence-corrected chi connectivity index (χ2v) is 5.81. The maximum atomic E-state index is 9.44. The summed E-state index contributed by atoms with van der Waals surface area (Å²) < 4.78 is 1.05. The molecule has 3 aromatic rings. The van der Waals surface area contributed by atoms with Gasteiger partial charge in [0.2, 0.25) is 5.95 Å². The highest BCUT2D eigenvalue weighted by Crippen LogP contribution is 2.26. The number of aromatic hydroxyl groups is 1. The number of anilines is 1. The molecule has 1 aromatic carbocycles. The number of hydrogen-bond donors (Lipinski definition) is 1. The molecule has 0 aliphatic heterocycles. The van der Waals surface area contributed by atoms with Crippen LogP contribution in [0.15, 0.2) is 30.6 Å². The summed E-state index contributed by atoms with van der Waals surface area (Å²) in [5, 5.41) is 10.3. The molecule has 0 bridgehead atoms. The van der Waals surface area contributed by atoms with E-state index in [1.807, 2.05) is 37.2 Å². The Bertz CT molecular complexity index is 793. The molecule has 1 N–H and O–H groups in total. The molecule has 0 unspecified atom stereocenters. The van der Waals surface area contributed by atoms with Crippen LogP contribution in [0.4, 0.5) is 5.95 Å². The third kappa shape index (κ3) is 3.00. The second-order valence-electron chi connectivity index (χ2n) is 4.75. The SMILES string of the molecule is CN(C)c1ncc(/C=C/c2nc3cc(O)ccc3s2)cn1. The molecule has 0 spiro atoms. The van der Waals surface area contributed by atoms with Gasteiger partial charge in [0.25, 0.3) is 0 Å². The van der Waals surface area contributed by atoms with E-state index in [2.05, 4.69) is 15.0 Å². The van der Waals surface area contributed by atoms with E-state index in [0.717, 1.165) is 20.8 Å². The fourth-order valence-electron chi connectivity index (χ4n) is 1.82. The zero-order valence-electron chi connectivity index (χ0n) is 11.7. The Morgan fingerprint density at radius 3 is 2.62 bits per heavy atom. The van der Waals surface area contributed by atoms with E-state index in [1.165, 1.54) is 0 Å². The molecule has 0 aliphatic carbocycles. The number of nitrogens with zero attached hydrogens (tertiary/aromatic N) is 4. The summed E-state index contributed by atoms with van der Waals surface area (Å²) in [6, 6.07) is 5.20. The van der Waals surface area contributed by atoms with Gasteiger partial charge in [0.1, 0.15) is 10.8 Å². The van der Waals surface area contributed by atoms with Gasteiger partial charge in [-0.3, -0.25) is 0 Å². The molecule has 5 nitrogen and oxygen atoms in total. The number of thiazole rings is 1. The molecule has 0 amide bonds. The lowest BCUT2D eigenvalue weighted by molar-refractivity contribution is 0.476. The fourth-order valence-corrected chi connectivity index (χ4v) is 2.67. The topological polar surface area (TPSA) is 62.1 Å². The molecule has 0 saturated heterocycles. The van der Waals surface area contributed by atoms with Crippen LogP contribution in [0.3, 0.4) is 0 Å². The van der Waals surface area contributed by atoms with Gasteiger partial charge in [-0.05, 0) is 24.3 Å². The van der Waals surface area contributed by atoms with Gasteiger partial charge in [0.05, 0.1) is 10.2 Å². The Kier molecular flexibility index (Phi) is 3.53. The average Bonchev–Trinajstić information content (AvgIpc) is 2.87. The molecule has 2 aromatic heterocycles. The molecular formula is C15H14N4OS. The Morgan fingerprint density at radius 1 is 1.14 bits per heavy atom. The zero-order chi connectivity index (χ0) is 14.8. The molecule has 3 rings (SSSR count). The van der Waals surface area contributed by atoms with Gasteiger partial charge in [-0.15, -0.1) is 11.3 Å². The highest BCUT2D eigenvalue weighted by atomic mass is 32.1. The molecule has 21 heavy (non-hydrogen) atoms. The number of fused-ring (bicyclic) bond motifs is 1. The maximum absolute atomic E-state index is 9.44. The van der Waals surface area contributed by atoms with E-state index in [-0.39, 0.29) is 5.75 Å². The predicted octanol–water partition coefficient (Wildman–Crippen LogP) is 3.03. The summed E-state index contributed by atoms with van der Waals surface area (Å²) in [5.74, 6) is 0.915. The van der Waals surface area contributed by atoms with Crippen LogP contribution >= 0.6 is 11.3 Å². The third-order valence-corrected chi connectivity index (χ3v) is 3.87. The van der Waals surface area contributed by atoms with Crippen molar-refractivity contribution in [2.45, 2.75) is 0 Å². The first-order chi connectivity index (χ1) is 10.1. The Balaban J connectivity index is 1.83. The van der Waals surface area contributed by atoms with Crippen LogP contribution in [0.2, 0.25) is 0 Å². The number of phenols is 1. The number of hydrogen-bond acceptors (Lipinski definition) is 6. The van der Waals surface area contributed by atoms with Crippen molar-refractivity contribution < 1.29 is 5.11 Å². The number of rotatable bonds is 3. The minimum atomic E-state index is 0.232. The fraction of sp³-hybridized carbons (Fsp3) is 0.133. The first kappa shape index (κ1) is 13.5. The van der Waals surface area contributed by atoms with Crippen LogP contribution in [0.1, 0.15) is 10.6 Å². The standard InChI is InChI=1S/C15H14N4OS/c1-19(2)15-16-8-10(9-17-15)3-6-14-18-12-7-11(20)4-5-13(12)21-14/h3-9,20H,1-2H3/b6-3+. The van der Waals surface area contributed by atoms with Crippen LogP contribution in [0, 0.1) is 0 Å². The first-order valence-electron chi connectivity index (χ1n) is 6.39. The second kappa shape index (κ2) is 5.49. The largest absolute Gasteiger partial charge is 0.508 e. The summed E-state index contributed by atoms with van der Waals surface area (Å²) in [5.41, 5.74) is 1.72. The molecule has 106 valence electrons. The summed E-state index contributed by atoms with van der Waals surface area (Å²) in [6.07, 6.45) is 7.41. The highest BCUT2D eigenvalue weighted by molar-refractivity contribution is 7.19. The quantitative estimate of drug-likeness (QED) is 0.805. The normalized spacial score (nSPS) is 11.3. The van der Waals surface area contributed by atoms with Crippen molar-refractivity contribution in [3.8, 4) is 5.75 Å². The van der Waals surface area contributed by atoms with Gasteiger partial charge in [-0.2, -0.15) is 0 Å². The van der Waals surface area contributed by atoms with Crippen molar-refractivity contribution in [1.82, 2.24) is 15.0 Å². The molecule has 6 heteroatoms. The first-order valence-corrected chi connectivity index (χ1v) is 7.20. The van der Waals surface area contributed by atoms with Gasteiger partial charge < -0.3 is 10.0 Å². The maximum Gasteiger partial charge on any atom is 0.224 e. The molecular weight excluding hydrogens is 284 g/mol. The van der Waals surface area contributed by atoms with E-state index in [0.29, 0.717) is 5.95 Å². The van der Waals surface area contributed by atoms with Crippen molar-refractivity contribution in [2.24, 2.45) is 0 Å². The minimum Gasteiger partial charge on any atom is -0.508 e. The van der Waals surface area contributed by atoms with Gasteiger partial charge in [0, 0.05) is 38.1 Å². The van der Waals surface area contributed by atoms with Gasteiger partial charge in [-0.1, -0.05) is 0 Å². The lowest BCUT2D eigenvalue weighted by atomic mass is 10.3. The lowest BCUT2D eigenvalue weighted by Gasteiger charge is -2.08. The van der Waals surface area contributed by atoms with Crippen LogP contribution in [-0.2, 0) is 0 Å². The smallest absolute Gasteiger partial charge is 0.224 e. The van der Waals surface area contributed by atoms with Crippen LogP contribution in [-0.4, -0.2) is 34.2 Å². The summed E-state index contributed by atoms with van der Waals surface area (Å²) in [6.45, 7) is 0. The van der Waals surface area contributed by atoms with Crippen molar-refractivity contribution in [1.29, 1.82) is 0 Å². The highest BCUT2D eigenvalue weighted by Gasteiger charge is 2.02. The average molecular weight is 298 g/mol. The predicted molar refractivity (Wildman–Crippen MR) is 86.6 cm³/mol. The van der Waals surface area contributed by atoms with Crippen LogP contribution < -0.4 is 4.90 Å². The lowest BCUT2D eigenvalue weighted by Crippen LogP contribution is -2.12. The zero-order valence-corrected chi connectivity index (χ0v) is 12.5. The number of aromatic nitrogens is 3. The van der Waals surface area contributed by atoms with E-state index in [9.17, 15) is 5.11 Å². The van der Waals surface area contributed by atoms with Crippen LogP contribution in [0.25, 0.3) is 22.4 Å². The Labute approximate surface area is 126 Å². The van der Waals surface area contributed by atoms with Crippen molar-refractivity contribution in [3.05, 3.63) is 41.2 Å². The van der Waals surface area contributed by atoms with E-state index in [1.54, 1.807) is 35.9 Å². The minimum absolute atomic E-state index is 0.232. The third-order valence-electron chi connectivity index (χ3n) is 2.86. The number of phenolic OH excluding ortho intramolecular Hbond substituents is 1. The van der Waals surface area contributed by atoms with E-state index >= 15 is 0 Å². The van der Waals surface area contributed by atoms with Crippen molar-refractivity contribution >= 4 is 39.7 Å². The summed E-state index contributed by atoms with van der Waals surface area (Å²) in [7, 11) is 3.81. The van der Waals surface area contributed by atoms with Crippen molar-refractivity contribution in [2.75, 3.05) is 19.0 Å². The van der Waals surface area contributed by atoms with Crippen LogP contribution in [0.5, 0.6) is 5.75 Å². The summed E-state index contributed by atoms with van der Waals surface area (Å²) in [4.78, 5) is 14.8. The molecule has 0 radical (unpaired) electrons. The van der Waals surface area contributed by atoms with Gasteiger partial charge >= 0.3 is 0 Å². The Hall–Kier alpha value is -2.47. The monoisotopic (exact) mass is 298 g/mol. The molecule has 2 heterocycles. The number of benzene rings is 1. The molecule has 0 atom stereocenters. The van der Waals surface area contributed by atoms with E-state index in [4.69, 9.17) is 0 Å². The molecule has 0 aliphatic rings.